The summed E-state index contributed by atoms with van der Waals surface area (Å²) < 4.78 is 6.13. The Morgan fingerprint density at radius 3 is 2.15 bits per heavy atom. The van der Waals surface area contributed by atoms with Crippen molar-refractivity contribution in [2.24, 2.45) is 16.6 Å². The van der Waals surface area contributed by atoms with Crippen LogP contribution in [0.5, 0.6) is 5.75 Å². The van der Waals surface area contributed by atoms with Gasteiger partial charge >= 0.3 is 0 Å². The fourth-order valence-electron chi connectivity index (χ4n) is 5.61. The van der Waals surface area contributed by atoms with Crippen molar-refractivity contribution in [2.45, 2.75) is 44.9 Å². The van der Waals surface area contributed by atoms with Gasteiger partial charge in [0.15, 0.2) is 0 Å². The van der Waals surface area contributed by atoms with Gasteiger partial charge in [-0.3, -0.25) is 0 Å². The molecule has 2 aliphatic rings. The molecule has 0 saturated heterocycles. The summed E-state index contributed by atoms with van der Waals surface area (Å²) in [6.07, 6.45) is 10.9. The summed E-state index contributed by atoms with van der Waals surface area (Å²) in [5, 5.41) is 0.728. The van der Waals surface area contributed by atoms with Gasteiger partial charge in [-0.2, -0.15) is 0 Å². The van der Waals surface area contributed by atoms with E-state index in [1.807, 2.05) is 66.9 Å². The van der Waals surface area contributed by atoms with E-state index in [-0.39, 0.29) is 0 Å². The molecule has 2 N–H and O–H groups in total. The normalized spacial score (nSPS) is 17.6. The molecule has 0 spiro atoms. The van der Waals surface area contributed by atoms with Crippen molar-refractivity contribution >= 4 is 11.6 Å². The van der Waals surface area contributed by atoms with Crippen LogP contribution in [0.1, 0.15) is 56.2 Å². The Morgan fingerprint density at radius 2 is 1.53 bits per heavy atom. The fraction of sp³-hybridized carbons (Fsp3) is 0.367. The van der Waals surface area contributed by atoms with Crippen molar-refractivity contribution in [2.75, 3.05) is 13.2 Å². The first-order chi connectivity index (χ1) is 16.6. The van der Waals surface area contributed by atoms with Gasteiger partial charge in [-0.15, -0.1) is 0 Å². The highest BCUT2D eigenvalue weighted by molar-refractivity contribution is 6.30. The molecule has 0 bridgehead atoms. The van der Waals surface area contributed by atoms with Gasteiger partial charge < -0.3 is 10.5 Å². The fourth-order valence-corrected chi connectivity index (χ4v) is 5.74. The van der Waals surface area contributed by atoms with Crippen molar-refractivity contribution in [3.05, 3.63) is 83.1 Å². The lowest BCUT2D eigenvalue weighted by Crippen LogP contribution is -2.36. The van der Waals surface area contributed by atoms with E-state index >= 15 is 0 Å². The van der Waals surface area contributed by atoms with E-state index in [0.29, 0.717) is 10.8 Å². The molecule has 3 aromatic rings. The molecular weight excluding hydrogens is 440 g/mol. The van der Waals surface area contributed by atoms with Crippen molar-refractivity contribution in [3.8, 4) is 28.7 Å². The molecule has 3 nitrogen and oxygen atoms in total. The predicted molar refractivity (Wildman–Crippen MR) is 139 cm³/mol. The number of ether oxygens (including phenoxy) is 1. The minimum absolute atomic E-state index is 0.396. The predicted octanol–water partition coefficient (Wildman–Crippen LogP) is 6.87. The zero-order chi connectivity index (χ0) is 23.4. The lowest BCUT2D eigenvalue weighted by molar-refractivity contribution is 0.105. The first kappa shape index (κ1) is 23.0. The van der Waals surface area contributed by atoms with E-state index in [1.165, 1.54) is 38.5 Å². The van der Waals surface area contributed by atoms with Gasteiger partial charge in [0.1, 0.15) is 11.4 Å². The smallest absolute Gasteiger partial charge is 0.119 e. The first-order valence-corrected chi connectivity index (χ1v) is 12.7. The van der Waals surface area contributed by atoms with Crippen LogP contribution in [0.4, 0.5) is 0 Å². The third-order valence-electron chi connectivity index (χ3n) is 7.91. The molecule has 2 fully saturated rings. The van der Waals surface area contributed by atoms with Crippen molar-refractivity contribution in [1.82, 2.24) is 4.98 Å². The van der Waals surface area contributed by atoms with Gasteiger partial charge in [-0.25, -0.2) is 4.98 Å². The van der Waals surface area contributed by atoms with E-state index in [9.17, 15) is 0 Å². The molecule has 0 unspecified atom stereocenters. The zero-order valence-electron chi connectivity index (χ0n) is 19.5. The molecule has 34 heavy (non-hydrogen) atoms. The van der Waals surface area contributed by atoms with E-state index in [4.69, 9.17) is 22.1 Å². The molecule has 0 amide bonds. The summed E-state index contributed by atoms with van der Waals surface area (Å²) >= 11 is 5.97. The highest BCUT2D eigenvalue weighted by Crippen LogP contribution is 2.65. The Kier molecular flexibility index (Phi) is 6.63. The van der Waals surface area contributed by atoms with E-state index in [0.717, 1.165) is 52.7 Å². The summed E-state index contributed by atoms with van der Waals surface area (Å²) in [5.41, 5.74) is 10.8. The average Bonchev–Trinajstić information content (AvgIpc) is 3.55. The Bertz CT molecular complexity index is 1160. The quantitative estimate of drug-likeness (QED) is 0.383. The Hall–Kier alpha value is -2.80. The average molecular weight is 471 g/mol. The highest BCUT2D eigenvalue weighted by Gasteiger charge is 2.58. The second-order valence-electron chi connectivity index (χ2n) is 9.78. The van der Waals surface area contributed by atoms with Gasteiger partial charge in [-0.05, 0) is 103 Å². The molecule has 0 atom stereocenters. The lowest BCUT2D eigenvalue weighted by Gasteiger charge is -2.38. The molecule has 2 saturated carbocycles. The number of pyridine rings is 1. The van der Waals surface area contributed by atoms with Gasteiger partial charge in [0.05, 0.1) is 6.61 Å². The SMILES string of the molecule is NCC1(C2(CCOc3ccc(C#Cc4ccc(-c5ccc(Cl)cc5)cn4)cc3)CCCC2)CC1. The second kappa shape index (κ2) is 9.82. The molecule has 1 heterocycles. The Balaban J connectivity index is 1.16. The number of benzene rings is 2. The van der Waals surface area contributed by atoms with Crippen LogP contribution < -0.4 is 10.5 Å². The van der Waals surface area contributed by atoms with E-state index < -0.39 is 0 Å². The van der Waals surface area contributed by atoms with Gasteiger partial charge in [0.2, 0.25) is 0 Å². The third kappa shape index (κ3) is 4.85. The maximum Gasteiger partial charge on any atom is 0.119 e. The van der Waals surface area contributed by atoms with Crippen molar-refractivity contribution in [1.29, 1.82) is 0 Å². The second-order valence-corrected chi connectivity index (χ2v) is 10.2. The monoisotopic (exact) mass is 470 g/mol. The lowest BCUT2D eigenvalue weighted by atomic mass is 9.69. The minimum atomic E-state index is 0.396. The molecule has 2 aromatic carbocycles. The largest absolute Gasteiger partial charge is 0.494 e. The van der Waals surface area contributed by atoms with Crippen LogP contribution in [0.2, 0.25) is 5.02 Å². The van der Waals surface area contributed by atoms with Crippen LogP contribution >= 0.6 is 11.6 Å². The van der Waals surface area contributed by atoms with Gasteiger partial charge in [0.25, 0.3) is 0 Å². The standard InChI is InChI=1S/C30H31ClN2O/c31-26-9-6-24(7-10-26)25-8-12-27(33-21-25)11-3-23-4-13-28(14-5-23)34-20-19-29(15-1-2-16-29)30(22-32)17-18-30/h4-10,12-14,21H,1-2,15-20,22,32H2. The maximum absolute atomic E-state index is 6.18. The number of nitrogens with two attached hydrogens (primary N) is 1. The van der Waals surface area contributed by atoms with Crippen LogP contribution in [-0.4, -0.2) is 18.1 Å². The third-order valence-corrected chi connectivity index (χ3v) is 8.16. The van der Waals surface area contributed by atoms with Crippen LogP contribution in [-0.2, 0) is 0 Å². The summed E-state index contributed by atoms with van der Waals surface area (Å²) in [6, 6.07) is 19.8. The Labute approximate surface area is 207 Å². The summed E-state index contributed by atoms with van der Waals surface area (Å²) in [6.45, 7) is 1.59. The summed E-state index contributed by atoms with van der Waals surface area (Å²) in [7, 11) is 0. The van der Waals surface area contributed by atoms with Gasteiger partial charge in [0, 0.05) is 22.3 Å². The summed E-state index contributed by atoms with van der Waals surface area (Å²) in [5.74, 6) is 7.25. The first-order valence-electron chi connectivity index (χ1n) is 12.3. The maximum atomic E-state index is 6.18. The number of halogens is 1. The minimum Gasteiger partial charge on any atom is -0.494 e. The number of nitrogens with zero attached hydrogens (tertiary/aromatic N) is 1. The molecule has 2 aliphatic carbocycles. The molecule has 1 aromatic heterocycles. The number of rotatable bonds is 7. The van der Waals surface area contributed by atoms with Gasteiger partial charge in [-0.1, -0.05) is 48.6 Å². The molecule has 5 rings (SSSR count). The van der Waals surface area contributed by atoms with E-state index in [2.05, 4.69) is 16.8 Å². The van der Waals surface area contributed by atoms with Crippen LogP contribution in [0, 0.1) is 22.7 Å². The van der Waals surface area contributed by atoms with Crippen molar-refractivity contribution < 1.29 is 4.74 Å². The summed E-state index contributed by atoms with van der Waals surface area (Å²) in [4.78, 5) is 4.49. The zero-order valence-corrected chi connectivity index (χ0v) is 20.3. The molecule has 174 valence electrons. The van der Waals surface area contributed by atoms with Crippen LogP contribution in [0.15, 0.2) is 66.9 Å². The molecule has 0 radical (unpaired) electrons. The topological polar surface area (TPSA) is 48.1 Å². The number of hydrogen-bond donors (Lipinski definition) is 1. The molecular formula is C30H31ClN2O. The Morgan fingerprint density at radius 1 is 0.824 bits per heavy atom. The van der Waals surface area contributed by atoms with Crippen LogP contribution in [0.25, 0.3) is 11.1 Å². The highest BCUT2D eigenvalue weighted by atomic mass is 35.5. The number of aromatic nitrogens is 1. The molecule has 0 aliphatic heterocycles. The van der Waals surface area contributed by atoms with E-state index in [1.54, 1.807) is 0 Å². The molecule has 4 heteroatoms. The number of hydrogen-bond acceptors (Lipinski definition) is 3. The van der Waals surface area contributed by atoms with Crippen LogP contribution in [0.3, 0.4) is 0 Å². The van der Waals surface area contributed by atoms with Crippen molar-refractivity contribution in [3.63, 3.8) is 0 Å².